The van der Waals surface area contributed by atoms with Gasteiger partial charge in [0.15, 0.2) is 5.96 Å². The van der Waals surface area contributed by atoms with Gasteiger partial charge >= 0.3 is 0 Å². The van der Waals surface area contributed by atoms with Crippen LogP contribution in [0.3, 0.4) is 0 Å². The third-order valence-electron chi connectivity index (χ3n) is 5.07. The molecule has 158 valence electrons. The van der Waals surface area contributed by atoms with Gasteiger partial charge in [0.1, 0.15) is 0 Å². The maximum absolute atomic E-state index is 12.2. The minimum Gasteiger partial charge on any atom is -0.383 e. The lowest BCUT2D eigenvalue weighted by Gasteiger charge is -2.13. The third kappa shape index (κ3) is 7.77. The molecule has 8 heteroatoms. The Morgan fingerprint density at radius 3 is 2.50 bits per heavy atom. The number of guanidine groups is 1. The minimum atomic E-state index is -3.49. The summed E-state index contributed by atoms with van der Waals surface area (Å²) >= 11 is 0. The van der Waals surface area contributed by atoms with Crippen LogP contribution in [-0.4, -0.2) is 48.2 Å². The summed E-state index contributed by atoms with van der Waals surface area (Å²) in [5, 5.41) is 6.62. The predicted octanol–water partition coefficient (Wildman–Crippen LogP) is 2.25. The minimum absolute atomic E-state index is 0.252. The lowest BCUT2D eigenvalue weighted by Crippen LogP contribution is -2.37. The topological polar surface area (TPSA) is 91.8 Å². The zero-order valence-corrected chi connectivity index (χ0v) is 17.9. The first-order chi connectivity index (χ1) is 13.5. The Morgan fingerprint density at radius 1 is 1.14 bits per heavy atom. The summed E-state index contributed by atoms with van der Waals surface area (Å²) in [7, 11) is -0.200. The maximum Gasteiger partial charge on any atom is 0.240 e. The Balaban J connectivity index is 1.73. The van der Waals surface area contributed by atoms with Crippen LogP contribution >= 0.6 is 0 Å². The standard InChI is InChI=1S/C20H34N4O3S/c1-21-20(22-13-5-8-17-6-3-4-7-17)23-16-18-9-11-19(12-10-18)28(25,26)24-14-15-27-2/h9-12,17,24H,3-8,13-16H2,1-2H3,(H2,21,22,23). The number of hydrogen-bond donors (Lipinski definition) is 3. The predicted molar refractivity (Wildman–Crippen MR) is 113 cm³/mol. The summed E-state index contributed by atoms with van der Waals surface area (Å²) in [6, 6.07) is 6.85. The van der Waals surface area contributed by atoms with E-state index in [1.807, 2.05) is 12.1 Å². The molecule has 1 aliphatic carbocycles. The van der Waals surface area contributed by atoms with Crippen molar-refractivity contribution in [2.24, 2.45) is 10.9 Å². The molecule has 0 saturated heterocycles. The molecular weight excluding hydrogens is 376 g/mol. The Labute approximate surface area is 169 Å². The number of nitrogens with one attached hydrogen (secondary N) is 3. The van der Waals surface area contributed by atoms with Gasteiger partial charge in [0.2, 0.25) is 10.0 Å². The molecule has 3 N–H and O–H groups in total. The van der Waals surface area contributed by atoms with Gasteiger partial charge < -0.3 is 15.4 Å². The summed E-state index contributed by atoms with van der Waals surface area (Å²) < 4.78 is 31.7. The monoisotopic (exact) mass is 410 g/mol. The number of aliphatic imine (C=N–C) groups is 1. The van der Waals surface area contributed by atoms with Gasteiger partial charge in [-0.2, -0.15) is 0 Å². The van der Waals surface area contributed by atoms with Crippen LogP contribution in [0.2, 0.25) is 0 Å². The fourth-order valence-corrected chi connectivity index (χ4v) is 4.46. The van der Waals surface area contributed by atoms with E-state index >= 15 is 0 Å². The van der Waals surface area contributed by atoms with Gasteiger partial charge in [-0.25, -0.2) is 13.1 Å². The van der Waals surface area contributed by atoms with Crippen LogP contribution in [0.5, 0.6) is 0 Å². The average Bonchev–Trinajstić information content (AvgIpc) is 3.21. The van der Waals surface area contributed by atoms with Crippen LogP contribution in [0.1, 0.15) is 44.1 Å². The van der Waals surface area contributed by atoms with Crippen LogP contribution in [0.4, 0.5) is 0 Å². The van der Waals surface area contributed by atoms with Gasteiger partial charge in [-0.3, -0.25) is 4.99 Å². The van der Waals surface area contributed by atoms with Crippen molar-refractivity contribution < 1.29 is 13.2 Å². The first kappa shape index (κ1) is 22.6. The number of sulfonamides is 1. The van der Waals surface area contributed by atoms with Gasteiger partial charge in [-0.1, -0.05) is 37.8 Å². The van der Waals surface area contributed by atoms with Crippen molar-refractivity contribution in [2.75, 3.05) is 33.9 Å². The molecule has 7 nitrogen and oxygen atoms in total. The van der Waals surface area contributed by atoms with Crippen molar-refractivity contribution in [1.29, 1.82) is 0 Å². The van der Waals surface area contributed by atoms with Crippen LogP contribution in [0.25, 0.3) is 0 Å². The van der Waals surface area contributed by atoms with E-state index in [4.69, 9.17) is 4.74 Å². The van der Waals surface area contributed by atoms with E-state index in [-0.39, 0.29) is 11.4 Å². The summed E-state index contributed by atoms with van der Waals surface area (Å²) in [5.74, 6) is 1.68. The van der Waals surface area contributed by atoms with Crippen molar-refractivity contribution in [3.63, 3.8) is 0 Å². The van der Waals surface area contributed by atoms with Crippen LogP contribution in [0.15, 0.2) is 34.2 Å². The molecule has 28 heavy (non-hydrogen) atoms. The molecule has 0 aromatic heterocycles. The summed E-state index contributed by atoms with van der Waals surface area (Å²) in [6.45, 7) is 2.10. The van der Waals surface area contributed by atoms with Gasteiger partial charge in [0.25, 0.3) is 0 Å². The highest BCUT2D eigenvalue weighted by atomic mass is 32.2. The molecule has 0 bridgehead atoms. The summed E-state index contributed by atoms with van der Waals surface area (Å²) in [5.41, 5.74) is 0.991. The van der Waals surface area contributed by atoms with E-state index in [0.29, 0.717) is 13.2 Å². The molecule has 1 fully saturated rings. The highest BCUT2D eigenvalue weighted by Crippen LogP contribution is 2.28. The molecule has 0 spiro atoms. The van der Waals surface area contributed by atoms with Crippen molar-refractivity contribution in [2.45, 2.75) is 50.0 Å². The van der Waals surface area contributed by atoms with E-state index in [1.54, 1.807) is 19.2 Å². The highest BCUT2D eigenvalue weighted by Gasteiger charge is 2.14. The van der Waals surface area contributed by atoms with Crippen molar-refractivity contribution in [1.82, 2.24) is 15.4 Å². The third-order valence-corrected chi connectivity index (χ3v) is 6.55. The largest absolute Gasteiger partial charge is 0.383 e. The normalized spacial score (nSPS) is 15.7. The molecule has 2 rings (SSSR count). The van der Waals surface area contributed by atoms with E-state index in [0.717, 1.165) is 30.4 Å². The second-order valence-corrected chi connectivity index (χ2v) is 8.95. The Morgan fingerprint density at radius 2 is 1.86 bits per heavy atom. The fourth-order valence-electron chi connectivity index (χ4n) is 3.45. The molecule has 0 unspecified atom stereocenters. The van der Waals surface area contributed by atoms with Gasteiger partial charge in [-0.15, -0.1) is 0 Å². The zero-order chi connectivity index (χ0) is 20.2. The van der Waals surface area contributed by atoms with E-state index in [1.165, 1.54) is 39.2 Å². The zero-order valence-electron chi connectivity index (χ0n) is 17.0. The second-order valence-electron chi connectivity index (χ2n) is 7.18. The number of ether oxygens (including phenoxy) is 1. The van der Waals surface area contributed by atoms with E-state index < -0.39 is 10.0 Å². The smallest absolute Gasteiger partial charge is 0.240 e. The molecule has 0 amide bonds. The van der Waals surface area contributed by atoms with Crippen LogP contribution in [-0.2, 0) is 21.3 Å². The lowest BCUT2D eigenvalue weighted by molar-refractivity contribution is 0.204. The Kier molecular flexibility index (Phi) is 9.73. The molecule has 1 aliphatic rings. The van der Waals surface area contributed by atoms with E-state index in [9.17, 15) is 8.42 Å². The Bertz CT molecular complexity index is 699. The number of hydrogen-bond acceptors (Lipinski definition) is 4. The van der Waals surface area contributed by atoms with Crippen LogP contribution in [0, 0.1) is 5.92 Å². The quantitative estimate of drug-likeness (QED) is 0.296. The lowest BCUT2D eigenvalue weighted by atomic mass is 10.0. The molecule has 1 aromatic carbocycles. The van der Waals surface area contributed by atoms with Gasteiger partial charge in [-0.05, 0) is 36.5 Å². The molecular formula is C20H34N4O3S. The summed E-state index contributed by atoms with van der Waals surface area (Å²) in [6.07, 6.45) is 8.02. The SMILES string of the molecule is CN=C(NCCCC1CCCC1)NCc1ccc(S(=O)(=O)NCCOC)cc1. The Hall–Kier alpha value is -1.64. The molecule has 0 atom stereocenters. The van der Waals surface area contributed by atoms with Crippen molar-refractivity contribution in [3.05, 3.63) is 29.8 Å². The van der Waals surface area contributed by atoms with E-state index in [2.05, 4.69) is 20.3 Å². The molecule has 1 saturated carbocycles. The highest BCUT2D eigenvalue weighted by molar-refractivity contribution is 7.89. The number of rotatable bonds is 11. The number of benzene rings is 1. The first-order valence-corrected chi connectivity index (χ1v) is 11.6. The molecule has 1 aromatic rings. The molecule has 0 aliphatic heterocycles. The summed E-state index contributed by atoms with van der Waals surface area (Å²) in [4.78, 5) is 4.50. The van der Waals surface area contributed by atoms with Crippen molar-refractivity contribution in [3.8, 4) is 0 Å². The average molecular weight is 411 g/mol. The first-order valence-electron chi connectivity index (χ1n) is 10.1. The fraction of sp³-hybridized carbons (Fsp3) is 0.650. The van der Waals surface area contributed by atoms with Gasteiger partial charge in [0, 0.05) is 33.8 Å². The van der Waals surface area contributed by atoms with Gasteiger partial charge in [0.05, 0.1) is 11.5 Å². The number of methoxy groups -OCH3 is 1. The van der Waals surface area contributed by atoms with Crippen LogP contribution < -0.4 is 15.4 Å². The molecule has 0 heterocycles. The maximum atomic E-state index is 12.2. The van der Waals surface area contributed by atoms with Crippen molar-refractivity contribution >= 4 is 16.0 Å². The molecule has 0 radical (unpaired) electrons. The number of nitrogens with zero attached hydrogens (tertiary/aromatic N) is 1. The second kappa shape index (κ2) is 12.0.